The van der Waals surface area contributed by atoms with E-state index in [0.29, 0.717) is 0 Å². The van der Waals surface area contributed by atoms with Gasteiger partial charge in [-0.3, -0.25) is 25.2 Å². The molecule has 0 saturated heterocycles. The fourth-order valence-corrected chi connectivity index (χ4v) is 2.74. The highest BCUT2D eigenvalue weighted by Gasteiger charge is 2.28. The summed E-state index contributed by atoms with van der Waals surface area (Å²) in [6.07, 6.45) is 4.89. The van der Waals surface area contributed by atoms with E-state index in [1.54, 1.807) is 12.3 Å². The molecule has 1 aliphatic rings. The summed E-state index contributed by atoms with van der Waals surface area (Å²) in [5.74, 6) is -1.04. The van der Waals surface area contributed by atoms with Crippen LogP contribution in [0.5, 0.6) is 0 Å². The molecule has 128 valence electrons. The highest BCUT2D eigenvalue weighted by atomic mass is 16.3. The topological polar surface area (TPSA) is 91.7 Å². The Balaban J connectivity index is 1.69. The lowest BCUT2D eigenvalue weighted by atomic mass is 9.93. The summed E-state index contributed by atoms with van der Waals surface area (Å²) in [5.41, 5.74) is 6.47. The number of hydrazine groups is 1. The van der Waals surface area contributed by atoms with Crippen LogP contribution in [0.3, 0.4) is 0 Å². The van der Waals surface area contributed by atoms with Gasteiger partial charge in [-0.15, -0.1) is 0 Å². The Morgan fingerprint density at radius 3 is 2.64 bits per heavy atom. The molecular weight excluding hydrogens is 322 g/mol. The van der Waals surface area contributed by atoms with E-state index in [-0.39, 0.29) is 18.1 Å². The number of furan rings is 1. The molecule has 1 aromatic heterocycles. The number of hydrogen-bond acceptors (Lipinski definition) is 4. The molecule has 1 aromatic carbocycles. The quantitative estimate of drug-likeness (QED) is 0.837. The second-order valence-corrected chi connectivity index (χ2v) is 5.57. The van der Waals surface area contributed by atoms with Gasteiger partial charge < -0.3 is 9.32 Å². The molecule has 0 saturated carbocycles. The van der Waals surface area contributed by atoms with Gasteiger partial charge >= 0.3 is 5.91 Å². The molecule has 1 aliphatic heterocycles. The molecule has 0 aliphatic carbocycles. The van der Waals surface area contributed by atoms with Crippen molar-refractivity contribution in [3.63, 3.8) is 0 Å². The summed E-state index contributed by atoms with van der Waals surface area (Å²) in [6.45, 7) is 1.45. The third-order valence-corrected chi connectivity index (χ3v) is 3.91. The predicted molar refractivity (Wildman–Crippen MR) is 89.7 cm³/mol. The number of rotatable bonds is 3. The Hall–Kier alpha value is -3.35. The van der Waals surface area contributed by atoms with E-state index in [2.05, 4.69) is 10.9 Å². The zero-order valence-electron chi connectivity index (χ0n) is 13.6. The van der Waals surface area contributed by atoms with Gasteiger partial charge in [0.2, 0.25) is 11.8 Å². The third-order valence-electron chi connectivity index (χ3n) is 3.91. The van der Waals surface area contributed by atoms with Crippen molar-refractivity contribution in [2.45, 2.75) is 19.4 Å². The number of carbonyl (C=O) groups excluding carboxylic acids is 3. The lowest BCUT2D eigenvalue weighted by Crippen LogP contribution is -2.43. The fourth-order valence-electron chi connectivity index (χ4n) is 2.74. The molecule has 2 aromatic rings. The normalized spacial score (nSPS) is 15.4. The standard InChI is InChI=1S/C18H17N3O4/c1-12(22)21-9-8-13-5-2-3-6-14(13)15(21)11-17(23)19-20-18(24)16-7-4-10-25-16/h2-10,15H,11H2,1H3,(H,19,23)(H,20,24)/t15-/m1/s1. The maximum atomic E-state index is 12.2. The Bertz CT molecular complexity index is 827. The van der Waals surface area contributed by atoms with Crippen LogP contribution >= 0.6 is 0 Å². The summed E-state index contributed by atoms with van der Waals surface area (Å²) in [4.78, 5) is 37.4. The molecule has 3 amide bonds. The van der Waals surface area contributed by atoms with E-state index in [9.17, 15) is 14.4 Å². The number of nitrogens with zero attached hydrogens (tertiary/aromatic N) is 1. The molecule has 1 atom stereocenters. The van der Waals surface area contributed by atoms with Crippen LogP contribution in [-0.2, 0) is 9.59 Å². The van der Waals surface area contributed by atoms with Crippen LogP contribution in [-0.4, -0.2) is 22.6 Å². The van der Waals surface area contributed by atoms with Crippen molar-refractivity contribution in [1.82, 2.24) is 15.8 Å². The zero-order valence-corrected chi connectivity index (χ0v) is 13.6. The molecule has 0 radical (unpaired) electrons. The Labute approximate surface area is 144 Å². The lowest BCUT2D eigenvalue weighted by Gasteiger charge is -2.32. The smallest absolute Gasteiger partial charge is 0.305 e. The minimum absolute atomic E-state index is 0.0133. The van der Waals surface area contributed by atoms with E-state index < -0.39 is 17.9 Å². The molecule has 0 spiro atoms. The van der Waals surface area contributed by atoms with E-state index in [4.69, 9.17) is 4.42 Å². The molecule has 0 fully saturated rings. The van der Waals surface area contributed by atoms with E-state index in [0.717, 1.165) is 11.1 Å². The summed E-state index contributed by atoms with van der Waals surface area (Å²) >= 11 is 0. The van der Waals surface area contributed by atoms with Crippen molar-refractivity contribution >= 4 is 23.8 Å². The van der Waals surface area contributed by atoms with Gasteiger partial charge in [0, 0.05) is 13.1 Å². The molecule has 0 bridgehead atoms. The summed E-state index contributed by atoms with van der Waals surface area (Å²) in [6, 6.07) is 10.2. The SMILES string of the molecule is CC(=O)N1C=Cc2ccccc2[C@H]1CC(=O)NNC(=O)c1ccco1. The molecule has 25 heavy (non-hydrogen) atoms. The highest BCUT2D eigenvalue weighted by molar-refractivity contribution is 5.93. The first-order valence-corrected chi connectivity index (χ1v) is 7.75. The van der Waals surface area contributed by atoms with E-state index >= 15 is 0 Å². The zero-order chi connectivity index (χ0) is 17.8. The molecule has 0 unspecified atom stereocenters. The van der Waals surface area contributed by atoms with Crippen LogP contribution in [0.2, 0.25) is 0 Å². The van der Waals surface area contributed by atoms with Gasteiger partial charge in [-0.25, -0.2) is 0 Å². The van der Waals surface area contributed by atoms with Gasteiger partial charge in [0.15, 0.2) is 5.76 Å². The van der Waals surface area contributed by atoms with Gasteiger partial charge in [0.05, 0.1) is 18.7 Å². The van der Waals surface area contributed by atoms with E-state index in [1.807, 2.05) is 30.3 Å². The van der Waals surface area contributed by atoms with E-state index in [1.165, 1.54) is 24.2 Å². The number of fused-ring (bicyclic) bond motifs is 1. The second kappa shape index (κ2) is 7.04. The first-order chi connectivity index (χ1) is 12.1. The van der Waals surface area contributed by atoms with Gasteiger partial charge in [-0.05, 0) is 29.3 Å². The van der Waals surface area contributed by atoms with Crippen LogP contribution < -0.4 is 10.9 Å². The van der Waals surface area contributed by atoms with Gasteiger partial charge in [0.1, 0.15) is 0 Å². The molecular formula is C18H17N3O4. The Kier molecular flexibility index (Phi) is 4.65. The first-order valence-electron chi connectivity index (χ1n) is 7.75. The minimum atomic E-state index is -0.550. The lowest BCUT2D eigenvalue weighted by molar-refractivity contribution is -0.130. The van der Waals surface area contributed by atoms with Crippen molar-refractivity contribution in [2.75, 3.05) is 0 Å². The molecule has 2 N–H and O–H groups in total. The largest absolute Gasteiger partial charge is 0.459 e. The molecule has 2 heterocycles. The van der Waals surface area contributed by atoms with Crippen molar-refractivity contribution in [3.8, 4) is 0 Å². The average molecular weight is 339 g/mol. The van der Waals surface area contributed by atoms with Crippen LogP contribution in [0.25, 0.3) is 6.08 Å². The van der Waals surface area contributed by atoms with Crippen molar-refractivity contribution in [3.05, 3.63) is 65.7 Å². The van der Waals surface area contributed by atoms with Gasteiger partial charge in [-0.2, -0.15) is 0 Å². The second-order valence-electron chi connectivity index (χ2n) is 5.57. The summed E-state index contributed by atoms with van der Waals surface area (Å²) in [7, 11) is 0. The van der Waals surface area contributed by atoms with Crippen LogP contribution in [0.4, 0.5) is 0 Å². The van der Waals surface area contributed by atoms with Crippen LogP contribution in [0.1, 0.15) is 41.1 Å². The Morgan fingerprint density at radius 2 is 1.92 bits per heavy atom. The number of carbonyl (C=O) groups is 3. The first kappa shape index (κ1) is 16.5. The predicted octanol–water partition coefficient (Wildman–Crippen LogP) is 2.00. The fraction of sp³-hybridized carbons (Fsp3) is 0.167. The average Bonchev–Trinajstić information content (AvgIpc) is 3.14. The summed E-state index contributed by atoms with van der Waals surface area (Å²) < 4.78 is 4.95. The van der Waals surface area contributed by atoms with Gasteiger partial charge in [-0.1, -0.05) is 24.3 Å². The summed E-state index contributed by atoms with van der Waals surface area (Å²) in [5, 5.41) is 0. The van der Waals surface area contributed by atoms with Crippen molar-refractivity contribution in [1.29, 1.82) is 0 Å². The van der Waals surface area contributed by atoms with Crippen molar-refractivity contribution < 1.29 is 18.8 Å². The number of hydrogen-bond donors (Lipinski definition) is 2. The Morgan fingerprint density at radius 1 is 1.12 bits per heavy atom. The minimum Gasteiger partial charge on any atom is -0.459 e. The highest BCUT2D eigenvalue weighted by Crippen LogP contribution is 2.32. The van der Waals surface area contributed by atoms with Gasteiger partial charge in [0.25, 0.3) is 0 Å². The maximum Gasteiger partial charge on any atom is 0.305 e. The molecule has 7 nitrogen and oxygen atoms in total. The third kappa shape index (κ3) is 3.60. The molecule has 7 heteroatoms. The van der Waals surface area contributed by atoms with Crippen molar-refractivity contribution in [2.24, 2.45) is 0 Å². The monoisotopic (exact) mass is 339 g/mol. The number of amides is 3. The van der Waals surface area contributed by atoms with Crippen LogP contribution in [0, 0.1) is 0 Å². The number of benzene rings is 1. The maximum absolute atomic E-state index is 12.2. The number of nitrogens with one attached hydrogen (secondary N) is 2. The molecule has 3 rings (SSSR count). The van der Waals surface area contributed by atoms with Crippen LogP contribution in [0.15, 0.2) is 53.3 Å².